The number of rotatable bonds is 4. The van der Waals surface area contributed by atoms with E-state index in [4.69, 9.17) is 4.74 Å². The Morgan fingerprint density at radius 1 is 1.33 bits per heavy atom. The Morgan fingerprint density at radius 3 is 2.47 bits per heavy atom. The molecule has 3 nitrogen and oxygen atoms in total. The molecule has 3 heteroatoms. The van der Waals surface area contributed by atoms with Gasteiger partial charge < -0.3 is 10.1 Å². The molecule has 1 N–H and O–H groups in total. The van der Waals surface area contributed by atoms with Crippen molar-refractivity contribution in [1.82, 2.24) is 5.32 Å². The van der Waals surface area contributed by atoms with E-state index >= 15 is 0 Å². The number of ketones is 1. The van der Waals surface area contributed by atoms with Gasteiger partial charge in [-0.25, -0.2) is 0 Å². The first-order valence-electron chi connectivity index (χ1n) is 5.82. The highest BCUT2D eigenvalue weighted by Crippen LogP contribution is 2.18. The number of Topliss-reactive ketones (excluding diaryl/α,β-unsaturated/α-hetero) is 1. The minimum atomic E-state index is 0.0331. The monoisotopic (exact) mass is 213 g/mol. The lowest BCUT2D eigenvalue weighted by atomic mass is 9.94. The summed E-state index contributed by atoms with van der Waals surface area (Å²) in [5, 5.41) is 3.23. The molecule has 1 aliphatic heterocycles. The van der Waals surface area contributed by atoms with E-state index in [9.17, 15) is 4.79 Å². The fourth-order valence-corrected chi connectivity index (χ4v) is 1.71. The summed E-state index contributed by atoms with van der Waals surface area (Å²) in [6, 6.07) is 0. The van der Waals surface area contributed by atoms with Crippen LogP contribution in [0.5, 0.6) is 0 Å². The minimum Gasteiger partial charge on any atom is -0.381 e. The van der Waals surface area contributed by atoms with E-state index in [1.165, 1.54) is 0 Å². The van der Waals surface area contributed by atoms with Crippen LogP contribution >= 0.6 is 0 Å². The summed E-state index contributed by atoms with van der Waals surface area (Å²) >= 11 is 0. The molecule has 0 radical (unpaired) electrons. The van der Waals surface area contributed by atoms with Gasteiger partial charge in [0, 0.05) is 25.2 Å². The molecule has 0 atom stereocenters. The predicted octanol–water partition coefficient (Wildman–Crippen LogP) is 1.76. The summed E-state index contributed by atoms with van der Waals surface area (Å²) in [5.74, 6) is 0.879. The molecule has 0 aromatic rings. The molecule has 88 valence electrons. The largest absolute Gasteiger partial charge is 0.381 e. The zero-order chi connectivity index (χ0) is 11.3. The van der Waals surface area contributed by atoms with Crippen LogP contribution < -0.4 is 5.32 Å². The van der Waals surface area contributed by atoms with Crippen LogP contribution in [-0.4, -0.2) is 31.1 Å². The lowest BCUT2D eigenvalue weighted by molar-refractivity contribution is -0.120. The summed E-state index contributed by atoms with van der Waals surface area (Å²) in [6.45, 7) is 8.38. The lowest BCUT2D eigenvalue weighted by Gasteiger charge is -2.23. The van der Waals surface area contributed by atoms with Crippen molar-refractivity contribution in [3.05, 3.63) is 0 Å². The first-order chi connectivity index (χ1) is 6.97. The molecule has 1 rings (SSSR count). The van der Waals surface area contributed by atoms with Gasteiger partial charge in [-0.15, -0.1) is 0 Å². The number of carbonyl (C=O) groups is 1. The van der Waals surface area contributed by atoms with E-state index in [0.29, 0.717) is 24.7 Å². The number of carbonyl (C=O) groups excluding carboxylic acids is 1. The van der Waals surface area contributed by atoms with Crippen LogP contribution in [0, 0.1) is 5.92 Å². The molecule has 15 heavy (non-hydrogen) atoms. The Kier molecular flexibility index (Phi) is 4.74. The predicted molar refractivity (Wildman–Crippen MR) is 60.9 cm³/mol. The number of hydrogen-bond donors (Lipinski definition) is 1. The highest BCUT2D eigenvalue weighted by atomic mass is 16.5. The molecule has 0 aliphatic carbocycles. The van der Waals surface area contributed by atoms with Crippen molar-refractivity contribution in [2.45, 2.75) is 45.6 Å². The average Bonchev–Trinajstić information content (AvgIpc) is 2.15. The molecule has 0 amide bonds. The smallest absolute Gasteiger partial charge is 0.146 e. The minimum absolute atomic E-state index is 0.0331. The van der Waals surface area contributed by atoms with Crippen molar-refractivity contribution in [2.24, 2.45) is 5.92 Å². The van der Waals surface area contributed by atoms with Crippen LogP contribution in [0.4, 0.5) is 0 Å². The van der Waals surface area contributed by atoms with Crippen molar-refractivity contribution in [3.8, 4) is 0 Å². The van der Waals surface area contributed by atoms with Crippen molar-refractivity contribution in [2.75, 3.05) is 19.8 Å². The van der Waals surface area contributed by atoms with Crippen LogP contribution in [0.25, 0.3) is 0 Å². The number of hydrogen-bond acceptors (Lipinski definition) is 3. The van der Waals surface area contributed by atoms with Crippen LogP contribution in [0.15, 0.2) is 0 Å². The summed E-state index contributed by atoms with van der Waals surface area (Å²) in [4.78, 5) is 11.7. The van der Waals surface area contributed by atoms with Gasteiger partial charge in [-0.1, -0.05) is 0 Å². The third-order valence-corrected chi connectivity index (χ3v) is 2.67. The van der Waals surface area contributed by atoms with Gasteiger partial charge in [-0.2, -0.15) is 0 Å². The quantitative estimate of drug-likeness (QED) is 0.773. The van der Waals surface area contributed by atoms with Gasteiger partial charge in [-0.05, 0) is 39.5 Å². The topological polar surface area (TPSA) is 38.3 Å². The van der Waals surface area contributed by atoms with E-state index in [1.807, 2.05) is 0 Å². The van der Waals surface area contributed by atoms with Crippen molar-refractivity contribution in [3.63, 3.8) is 0 Å². The SMILES string of the molecule is CC(C)(C)NCC(=O)CC1CCOCC1. The van der Waals surface area contributed by atoms with Crippen LogP contribution in [0.2, 0.25) is 0 Å². The molecule has 1 heterocycles. The average molecular weight is 213 g/mol. The second-order valence-electron chi connectivity index (χ2n) is 5.40. The Hall–Kier alpha value is -0.410. The van der Waals surface area contributed by atoms with Gasteiger partial charge >= 0.3 is 0 Å². The van der Waals surface area contributed by atoms with Gasteiger partial charge in [-0.3, -0.25) is 4.79 Å². The maximum Gasteiger partial charge on any atom is 0.146 e. The molecule has 0 saturated carbocycles. The van der Waals surface area contributed by atoms with Crippen LogP contribution in [-0.2, 0) is 9.53 Å². The third kappa shape index (κ3) is 5.90. The second-order valence-corrected chi connectivity index (χ2v) is 5.40. The Labute approximate surface area is 92.6 Å². The molecule has 0 bridgehead atoms. The number of ether oxygens (including phenoxy) is 1. The highest BCUT2D eigenvalue weighted by molar-refractivity contribution is 5.80. The van der Waals surface area contributed by atoms with Crippen molar-refractivity contribution >= 4 is 5.78 Å². The summed E-state index contributed by atoms with van der Waals surface area (Å²) in [5.41, 5.74) is 0.0331. The Bertz CT molecular complexity index is 202. The zero-order valence-corrected chi connectivity index (χ0v) is 10.1. The zero-order valence-electron chi connectivity index (χ0n) is 10.1. The normalized spacial score (nSPS) is 19.1. The van der Waals surface area contributed by atoms with E-state index in [0.717, 1.165) is 26.1 Å². The first kappa shape index (κ1) is 12.7. The maximum atomic E-state index is 11.7. The van der Waals surface area contributed by atoms with Crippen LogP contribution in [0.3, 0.4) is 0 Å². The van der Waals surface area contributed by atoms with E-state index in [-0.39, 0.29) is 5.54 Å². The number of nitrogens with one attached hydrogen (secondary N) is 1. The fourth-order valence-electron chi connectivity index (χ4n) is 1.71. The van der Waals surface area contributed by atoms with Crippen molar-refractivity contribution < 1.29 is 9.53 Å². The summed E-state index contributed by atoms with van der Waals surface area (Å²) < 4.78 is 5.27. The molecular weight excluding hydrogens is 190 g/mol. The molecule has 1 aliphatic rings. The molecule has 1 saturated heterocycles. The van der Waals surface area contributed by atoms with Gasteiger partial charge in [0.15, 0.2) is 0 Å². The fraction of sp³-hybridized carbons (Fsp3) is 0.917. The maximum absolute atomic E-state index is 11.7. The molecule has 0 aromatic carbocycles. The molecule has 0 spiro atoms. The Morgan fingerprint density at radius 2 is 1.93 bits per heavy atom. The van der Waals surface area contributed by atoms with Gasteiger partial charge in [0.05, 0.1) is 6.54 Å². The molecular formula is C12H23NO2. The van der Waals surface area contributed by atoms with Gasteiger partial charge in [0.1, 0.15) is 5.78 Å². The van der Waals surface area contributed by atoms with E-state index < -0.39 is 0 Å². The standard InChI is InChI=1S/C12H23NO2/c1-12(2,3)13-9-11(14)8-10-4-6-15-7-5-10/h10,13H,4-9H2,1-3H3. The third-order valence-electron chi connectivity index (χ3n) is 2.67. The Balaban J connectivity index is 2.17. The van der Waals surface area contributed by atoms with Crippen molar-refractivity contribution in [1.29, 1.82) is 0 Å². The molecule has 0 unspecified atom stereocenters. The highest BCUT2D eigenvalue weighted by Gasteiger charge is 2.18. The van der Waals surface area contributed by atoms with Crippen LogP contribution in [0.1, 0.15) is 40.0 Å². The summed E-state index contributed by atoms with van der Waals surface area (Å²) in [7, 11) is 0. The molecule has 0 aromatic heterocycles. The second kappa shape index (κ2) is 5.61. The van der Waals surface area contributed by atoms with E-state index in [1.54, 1.807) is 0 Å². The first-order valence-corrected chi connectivity index (χ1v) is 5.82. The van der Waals surface area contributed by atoms with Gasteiger partial charge in [0.2, 0.25) is 0 Å². The summed E-state index contributed by atoms with van der Waals surface area (Å²) in [6.07, 6.45) is 2.80. The van der Waals surface area contributed by atoms with Gasteiger partial charge in [0.25, 0.3) is 0 Å². The molecule has 1 fully saturated rings. The lowest BCUT2D eigenvalue weighted by Crippen LogP contribution is -2.39. The van der Waals surface area contributed by atoms with E-state index in [2.05, 4.69) is 26.1 Å².